The Morgan fingerprint density at radius 1 is 1.39 bits per heavy atom. The van der Waals surface area contributed by atoms with E-state index in [9.17, 15) is 14.0 Å². The van der Waals surface area contributed by atoms with Crippen molar-refractivity contribution >= 4 is 12.0 Å². The highest BCUT2D eigenvalue weighted by Crippen LogP contribution is 2.07. The number of amides is 2. The van der Waals surface area contributed by atoms with Crippen LogP contribution in [-0.4, -0.2) is 30.8 Å². The molecule has 2 atom stereocenters. The SMILES string of the molecule is O=C(NC1C(=O)NC1CF)OCc1ccccc1. The van der Waals surface area contributed by atoms with Gasteiger partial charge in [-0.05, 0) is 5.56 Å². The van der Waals surface area contributed by atoms with Gasteiger partial charge in [-0.2, -0.15) is 0 Å². The molecule has 1 aromatic carbocycles. The van der Waals surface area contributed by atoms with Gasteiger partial charge in [0.25, 0.3) is 0 Å². The molecule has 1 aliphatic heterocycles. The van der Waals surface area contributed by atoms with Crippen LogP contribution >= 0.6 is 0 Å². The van der Waals surface area contributed by atoms with Crippen LogP contribution in [0.25, 0.3) is 0 Å². The van der Waals surface area contributed by atoms with Crippen molar-refractivity contribution in [2.24, 2.45) is 0 Å². The monoisotopic (exact) mass is 252 g/mol. The third-order valence-corrected chi connectivity index (χ3v) is 2.66. The van der Waals surface area contributed by atoms with Gasteiger partial charge in [0.1, 0.15) is 19.3 Å². The number of alkyl halides is 1. The van der Waals surface area contributed by atoms with Crippen LogP contribution < -0.4 is 10.6 Å². The average Bonchev–Trinajstić information content (AvgIpc) is 2.41. The molecule has 6 heteroatoms. The zero-order chi connectivity index (χ0) is 13.0. The van der Waals surface area contributed by atoms with Crippen LogP contribution in [0.15, 0.2) is 30.3 Å². The molecule has 0 aromatic heterocycles. The molecule has 0 spiro atoms. The van der Waals surface area contributed by atoms with Gasteiger partial charge in [0.05, 0.1) is 6.04 Å². The van der Waals surface area contributed by atoms with Crippen LogP contribution in [-0.2, 0) is 16.1 Å². The summed E-state index contributed by atoms with van der Waals surface area (Å²) in [6.07, 6.45) is -0.725. The minimum absolute atomic E-state index is 0.112. The second kappa shape index (κ2) is 5.48. The smallest absolute Gasteiger partial charge is 0.408 e. The number of halogens is 1. The number of benzene rings is 1. The molecule has 0 radical (unpaired) electrons. The van der Waals surface area contributed by atoms with Gasteiger partial charge in [0.15, 0.2) is 0 Å². The fourth-order valence-electron chi connectivity index (χ4n) is 1.63. The lowest BCUT2D eigenvalue weighted by atomic mass is 10.0. The predicted molar refractivity (Wildman–Crippen MR) is 61.5 cm³/mol. The summed E-state index contributed by atoms with van der Waals surface area (Å²) in [7, 11) is 0. The van der Waals surface area contributed by atoms with E-state index in [-0.39, 0.29) is 6.61 Å². The summed E-state index contributed by atoms with van der Waals surface area (Å²) in [5.74, 6) is -0.394. The molecule has 1 fully saturated rings. The quantitative estimate of drug-likeness (QED) is 0.777. The summed E-state index contributed by atoms with van der Waals surface area (Å²) >= 11 is 0. The van der Waals surface area contributed by atoms with Gasteiger partial charge in [-0.1, -0.05) is 30.3 Å². The Hall–Kier alpha value is -2.11. The summed E-state index contributed by atoms with van der Waals surface area (Å²) in [5, 5.41) is 4.66. The zero-order valence-electron chi connectivity index (χ0n) is 9.56. The molecule has 2 amide bonds. The minimum atomic E-state index is -0.835. The van der Waals surface area contributed by atoms with E-state index in [2.05, 4.69) is 10.6 Å². The molecule has 1 aromatic rings. The molecule has 2 N–H and O–H groups in total. The molecule has 5 nitrogen and oxygen atoms in total. The lowest BCUT2D eigenvalue weighted by Gasteiger charge is -2.34. The maximum absolute atomic E-state index is 12.4. The molecule has 1 aliphatic rings. The summed E-state index contributed by atoms with van der Waals surface area (Å²) in [6.45, 7) is -0.601. The number of ether oxygens (including phenoxy) is 1. The number of hydrogen-bond acceptors (Lipinski definition) is 3. The molecule has 18 heavy (non-hydrogen) atoms. The first-order valence-corrected chi connectivity index (χ1v) is 5.54. The van der Waals surface area contributed by atoms with Gasteiger partial charge in [0.2, 0.25) is 5.91 Å². The lowest BCUT2D eigenvalue weighted by Crippen LogP contribution is -2.70. The predicted octanol–water partition coefficient (Wildman–Crippen LogP) is 0.749. The molecule has 1 heterocycles. The third kappa shape index (κ3) is 2.77. The number of carbonyl (C=O) groups is 2. The van der Waals surface area contributed by atoms with Gasteiger partial charge in [-0.25, -0.2) is 9.18 Å². The Kier molecular flexibility index (Phi) is 3.76. The van der Waals surface area contributed by atoms with E-state index in [4.69, 9.17) is 4.74 Å². The molecular formula is C12H13FN2O3. The summed E-state index contributed by atoms with van der Waals surface area (Å²) in [5.41, 5.74) is 0.841. The van der Waals surface area contributed by atoms with Crippen molar-refractivity contribution in [3.05, 3.63) is 35.9 Å². The molecule has 1 saturated heterocycles. The second-order valence-corrected chi connectivity index (χ2v) is 3.95. The van der Waals surface area contributed by atoms with Gasteiger partial charge in [0, 0.05) is 0 Å². The van der Waals surface area contributed by atoms with Crippen molar-refractivity contribution in [2.45, 2.75) is 18.7 Å². The van der Waals surface area contributed by atoms with Crippen LogP contribution in [0.3, 0.4) is 0 Å². The summed E-state index contributed by atoms with van der Waals surface area (Å²) < 4.78 is 17.3. The highest BCUT2D eigenvalue weighted by molar-refractivity contribution is 5.92. The van der Waals surface area contributed by atoms with E-state index >= 15 is 0 Å². The Morgan fingerprint density at radius 2 is 2.11 bits per heavy atom. The Balaban J connectivity index is 1.77. The first kappa shape index (κ1) is 12.3. The van der Waals surface area contributed by atoms with Crippen molar-refractivity contribution in [2.75, 3.05) is 6.67 Å². The number of rotatable bonds is 4. The van der Waals surface area contributed by atoms with Crippen LogP contribution in [0.2, 0.25) is 0 Å². The number of β-lactam (4-membered cyclic amide) rings is 1. The van der Waals surface area contributed by atoms with Gasteiger partial charge >= 0.3 is 6.09 Å². The van der Waals surface area contributed by atoms with E-state index in [1.165, 1.54) is 0 Å². The number of alkyl carbamates (subject to hydrolysis) is 1. The van der Waals surface area contributed by atoms with Crippen LogP contribution in [0, 0.1) is 0 Å². The normalized spacial score (nSPS) is 21.7. The molecule has 96 valence electrons. The maximum atomic E-state index is 12.4. The van der Waals surface area contributed by atoms with E-state index in [1.54, 1.807) is 0 Å². The van der Waals surface area contributed by atoms with Crippen LogP contribution in [0.5, 0.6) is 0 Å². The van der Waals surface area contributed by atoms with E-state index in [0.717, 1.165) is 5.56 Å². The fourth-order valence-corrected chi connectivity index (χ4v) is 1.63. The first-order chi connectivity index (χ1) is 8.70. The molecule has 0 bridgehead atoms. The molecule has 2 unspecified atom stereocenters. The Morgan fingerprint density at radius 3 is 2.72 bits per heavy atom. The van der Waals surface area contributed by atoms with Crippen molar-refractivity contribution in [1.29, 1.82) is 0 Å². The molecule has 0 aliphatic carbocycles. The van der Waals surface area contributed by atoms with E-state index < -0.39 is 30.8 Å². The standard InChI is InChI=1S/C12H13FN2O3/c13-6-9-10(11(16)14-9)15-12(17)18-7-8-4-2-1-3-5-8/h1-5,9-10H,6-7H2,(H,14,16)(H,15,17). The first-order valence-electron chi connectivity index (χ1n) is 5.54. The highest BCUT2D eigenvalue weighted by Gasteiger charge is 2.40. The van der Waals surface area contributed by atoms with Crippen LogP contribution in [0.4, 0.5) is 9.18 Å². The number of nitrogens with one attached hydrogen (secondary N) is 2. The number of carbonyl (C=O) groups excluding carboxylic acids is 2. The zero-order valence-corrected chi connectivity index (χ0v) is 9.56. The van der Waals surface area contributed by atoms with E-state index in [1.807, 2.05) is 30.3 Å². The Bertz CT molecular complexity index is 438. The fraction of sp³-hybridized carbons (Fsp3) is 0.333. The average molecular weight is 252 g/mol. The van der Waals surface area contributed by atoms with Gasteiger partial charge < -0.3 is 15.4 Å². The van der Waals surface area contributed by atoms with Gasteiger partial charge in [-0.3, -0.25) is 4.79 Å². The molecular weight excluding hydrogens is 239 g/mol. The minimum Gasteiger partial charge on any atom is -0.445 e. The lowest BCUT2D eigenvalue weighted by molar-refractivity contribution is -0.132. The number of hydrogen-bond donors (Lipinski definition) is 2. The molecule has 2 rings (SSSR count). The van der Waals surface area contributed by atoms with Gasteiger partial charge in [-0.15, -0.1) is 0 Å². The largest absolute Gasteiger partial charge is 0.445 e. The topological polar surface area (TPSA) is 67.4 Å². The second-order valence-electron chi connectivity index (χ2n) is 3.95. The molecule has 0 saturated carbocycles. The van der Waals surface area contributed by atoms with E-state index in [0.29, 0.717) is 0 Å². The Labute approximate surface area is 103 Å². The third-order valence-electron chi connectivity index (χ3n) is 2.66. The van der Waals surface area contributed by atoms with Crippen LogP contribution in [0.1, 0.15) is 5.56 Å². The van der Waals surface area contributed by atoms with Crippen molar-refractivity contribution in [1.82, 2.24) is 10.6 Å². The van der Waals surface area contributed by atoms with Crippen molar-refractivity contribution in [3.63, 3.8) is 0 Å². The highest BCUT2D eigenvalue weighted by atomic mass is 19.1. The van der Waals surface area contributed by atoms with Crippen molar-refractivity contribution < 1.29 is 18.7 Å². The van der Waals surface area contributed by atoms with Crippen molar-refractivity contribution in [3.8, 4) is 0 Å². The summed E-state index contributed by atoms with van der Waals surface area (Å²) in [4.78, 5) is 22.5. The summed E-state index contributed by atoms with van der Waals surface area (Å²) in [6, 6.07) is 7.65. The maximum Gasteiger partial charge on any atom is 0.408 e.